The predicted molar refractivity (Wildman–Crippen MR) is 138 cm³/mol. The summed E-state index contributed by atoms with van der Waals surface area (Å²) in [5.74, 6) is -0.446. The zero-order chi connectivity index (χ0) is 24.5. The number of anilines is 1. The van der Waals surface area contributed by atoms with Crippen LogP contribution >= 0.6 is 11.3 Å². The van der Waals surface area contributed by atoms with Crippen LogP contribution in [0.25, 0.3) is 10.2 Å². The zero-order valence-electron chi connectivity index (χ0n) is 19.5. The van der Waals surface area contributed by atoms with Gasteiger partial charge in [-0.15, -0.1) is 11.3 Å². The summed E-state index contributed by atoms with van der Waals surface area (Å²) in [7, 11) is 0. The van der Waals surface area contributed by atoms with Crippen LogP contribution in [0.5, 0.6) is 0 Å². The Labute approximate surface area is 206 Å². The quantitative estimate of drug-likeness (QED) is 0.400. The number of ketones is 1. The first-order valence-electron chi connectivity index (χ1n) is 11.8. The molecule has 1 fully saturated rings. The van der Waals surface area contributed by atoms with Gasteiger partial charge in [-0.3, -0.25) is 23.6 Å². The zero-order valence-corrected chi connectivity index (χ0v) is 20.3. The summed E-state index contributed by atoms with van der Waals surface area (Å²) >= 11 is 1.64. The molecule has 4 aromatic rings. The highest BCUT2D eigenvalue weighted by molar-refractivity contribution is 7.18. The lowest BCUT2D eigenvalue weighted by atomic mass is 10.1. The normalized spacial score (nSPS) is 16.2. The van der Waals surface area contributed by atoms with Gasteiger partial charge < -0.3 is 5.73 Å². The second kappa shape index (κ2) is 9.59. The number of hydrogen-bond donors (Lipinski definition) is 1. The molecule has 0 amide bonds. The molecule has 9 heteroatoms. The molecular weight excluding hydrogens is 462 g/mol. The molecule has 0 radical (unpaired) electrons. The Bertz CT molecular complexity index is 1470. The average molecular weight is 490 g/mol. The van der Waals surface area contributed by atoms with Crippen molar-refractivity contribution < 1.29 is 4.79 Å². The molecule has 0 bridgehead atoms. The highest BCUT2D eigenvalue weighted by Gasteiger charge is 2.32. The molecular formula is C26H27N5O3S. The minimum absolute atomic E-state index is 0.0150. The predicted octanol–water partition coefficient (Wildman–Crippen LogP) is 3.29. The van der Waals surface area contributed by atoms with Gasteiger partial charge in [0, 0.05) is 6.54 Å². The number of para-hydroxylation sites is 1. The number of carbonyl (C=O) groups is 1. The Morgan fingerprint density at radius 1 is 1.09 bits per heavy atom. The van der Waals surface area contributed by atoms with Crippen LogP contribution in [0.3, 0.4) is 0 Å². The Balaban J connectivity index is 1.48. The summed E-state index contributed by atoms with van der Waals surface area (Å²) in [5.41, 5.74) is 6.89. The molecule has 1 unspecified atom stereocenters. The van der Waals surface area contributed by atoms with Crippen LogP contribution in [-0.4, -0.2) is 37.9 Å². The van der Waals surface area contributed by atoms with E-state index in [1.807, 2.05) is 54.6 Å². The smallest absolute Gasteiger partial charge is 0.332 e. The molecule has 1 atom stereocenters. The van der Waals surface area contributed by atoms with Gasteiger partial charge in [-0.05, 0) is 44.0 Å². The maximum atomic E-state index is 13.5. The summed E-state index contributed by atoms with van der Waals surface area (Å²) in [6.07, 6.45) is 1.84. The largest absolute Gasteiger partial charge is 0.384 e. The SMILES string of the molecule is CCn1c(=O)c(C(=O)CN2CCCC2c2nc3ccccc3s2)c(N)n(Cc2ccccc2)c1=O. The second-order valence-electron chi connectivity index (χ2n) is 8.74. The number of nitrogens with two attached hydrogens (primary N) is 1. The second-order valence-corrected chi connectivity index (χ2v) is 9.80. The van der Waals surface area contributed by atoms with Crippen molar-refractivity contribution in [1.82, 2.24) is 19.0 Å². The number of rotatable bonds is 7. The molecule has 180 valence electrons. The van der Waals surface area contributed by atoms with Crippen LogP contribution in [0.1, 0.15) is 46.7 Å². The van der Waals surface area contributed by atoms with E-state index in [0.29, 0.717) is 0 Å². The number of fused-ring (bicyclic) bond motifs is 1. The number of nitrogens with zero attached hydrogens (tertiary/aromatic N) is 4. The first kappa shape index (κ1) is 23.2. The number of likely N-dealkylation sites (tertiary alicyclic amines) is 1. The van der Waals surface area contributed by atoms with Crippen LogP contribution in [-0.2, 0) is 13.1 Å². The first-order valence-corrected chi connectivity index (χ1v) is 12.6. The van der Waals surface area contributed by atoms with Crippen molar-refractivity contribution in [1.29, 1.82) is 0 Å². The molecule has 2 N–H and O–H groups in total. The van der Waals surface area contributed by atoms with Gasteiger partial charge >= 0.3 is 5.69 Å². The molecule has 0 spiro atoms. The molecule has 0 saturated carbocycles. The molecule has 35 heavy (non-hydrogen) atoms. The van der Waals surface area contributed by atoms with Gasteiger partial charge in [-0.2, -0.15) is 0 Å². The minimum atomic E-state index is -0.625. The summed E-state index contributed by atoms with van der Waals surface area (Å²) < 4.78 is 3.52. The molecule has 1 aliphatic heterocycles. The fourth-order valence-electron chi connectivity index (χ4n) is 4.77. The van der Waals surface area contributed by atoms with Crippen molar-refractivity contribution in [3.63, 3.8) is 0 Å². The van der Waals surface area contributed by atoms with Crippen molar-refractivity contribution >= 4 is 33.2 Å². The van der Waals surface area contributed by atoms with E-state index in [1.165, 1.54) is 4.57 Å². The number of Topliss-reactive ketones (excluding diaryl/α,β-unsaturated/α-hetero) is 1. The maximum Gasteiger partial charge on any atom is 0.332 e. The number of nitrogen functional groups attached to an aromatic ring is 1. The van der Waals surface area contributed by atoms with Gasteiger partial charge in [0.2, 0.25) is 0 Å². The van der Waals surface area contributed by atoms with Crippen LogP contribution in [0.15, 0.2) is 64.2 Å². The van der Waals surface area contributed by atoms with Crippen molar-refractivity contribution in [2.75, 3.05) is 18.8 Å². The third kappa shape index (κ3) is 4.33. The van der Waals surface area contributed by atoms with E-state index < -0.39 is 11.2 Å². The number of thiazole rings is 1. The Hall–Kier alpha value is -3.56. The Kier molecular flexibility index (Phi) is 6.36. The van der Waals surface area contributed by atoms with Crippen molar-refractivity contribution in [3.05, 3.63) is 91.6 Å². The van der Waals surface area contributed by atoms with Crippen LogP contribution in [0, 0.1) is 0 Å². The lowest BCUT2D eigenvalue weighted by Gasteiger charge is -2.22. The van der Waals surface area contributed by atoms with E-state index in [1.54, 1.807) is 18.3 Å². The number of aromatic nitrogens is 3. The minimum Gasteiger partial charge on any atom is -0.384 e. The fourth-order valence-corrected chi connectivity index (χ4v) is 5.90. The van der Waals surface area contributed by atoms with Gasteiger partial charge in [-0.25, -0.2) is 9.78 Å². The highest BCUT2D eigenvalue weighted by Crippen LogP contribution is 2.36. The van der Waals surface area contributed by atoms with Crippen molar-refractivity contribution in [2.24, 2.45) is 0 Å². The van der Waals surface area contributed by atoms with Crippen LogP contribution in [0.4, 0.5) is 5.82 Å². The third-order valence-electron chi connectivity index (χ3n) is 6.55. The monoisotopic (exact) mass is 489 g/mol. The lowest BCUT2D eigenvalue weighted by molar-refractivity contribution is 0.0919. The highest BCUT2D eigenvalue weighted by atomic mass is 32.1. The van der Waals surface area contributed by atoms with Gasteiger partial charge in [0.05, 0.1) is 29.3 Å². The fraction of sp³-hybridized carbons (Fsp3) is 0.308. The molecule has 3 heterocycles. The topological polar surface area (TPSA) is 103 Å². The summed E-state index contributed by atoms with van der Waals surface area (Å²) in [6.45, 7) is 2.84. The van der Waals surface area contributed by atoms with E-state index >= 15 is 0 Å². The Morgan fingerprint density at radius 2 is 1.83 bits per heavy atom. The van der Waals surface area contributed by atoms with E-state index in [2.05, 4.69) is 4.90 Å². The Morgan fingerprint density at radius 3 is 2.57 bits per heavy atom. The first-order chi connectivity index (χ1) is 17.0. The number of benzene rings is 2. The van der Waals surface area contributed by atoms with E-state index in [9.17, 15) is 14.4 Å². The molecule has 2 aromatic heterocycles. The maximum absolute atomic E-state index is 13.5. The average Bonchev–Trinajstić information content (AvgIpc) is 3.49. The van der Waals surface area contributed by atoms with Crippen molar-refractivity contribution in [2.45, 2.75) is 38.9 Å². The van der Waals surface area contributed by atoms with E-state index in [-0.39, 0.29) is 42.8 Å². The lowest BCUT2D eigenvalue weighted by Crippen LogP contribution is -2.45. The summed E-state index contributed by atoms with van der Waals surface area (Å²) in [4.78, 5) is 46.5. The molecule has 1 aliphatic rings. The van der Waals surface area contributed by atoms with Gasteiger partial charge in [-0.1, -0.05) is 42.5 Å². The number of carbonyl (C=O) groups excluding carboxylic acids is 1. The summed E-state index contributed by atoms with van der Waals surface area (Å²) in [6, 6.07) is 17.4. The molecule has 1 saturated heterocycles. The van der Waals surface area contributed by atoms with Gasteiger partial charge in [0.1, 0.15) is 16.4 Å². The molecule has 5 rings (SSSR count). The standard InChI is InChI=1S/C26H27N5O3S/c1-2-30-25(33)22(23(27)31(26(30)34)15-17-9-4-3-5-10-17)20(32)16-29-14-8-12-19(29)24-28-18-11-6-7-13-21(18)35-24/h3-7,9-11,13,19H,2,8,12,14-16,27H2,1H3. The number of hydrogen-bond acceptors (Lipinski definition) is 7. The van der Waals surface area contributed by atoms with Crippen LogP contribution in [0.2, 0.25) is 0 Å². The third-order valence-corrected chi connectivity index (χ3v) is 7.69. The van der Waals surface area contributed by atoms with Gasteiger partial charge in [0.25, 0.3) is 5.56 Å². The molecule has 8 nitrogen and oxygen atoms in total. The van der Waals surface area contributed by atoms with E-state index in [0.717, 1.165) is 44.7 Å². The van der Waals surface area contributed by atoms with E-state index in [4.69, 9.17) is 10.7 Å². The molecule has 2 aromatic carbocycles. The molecule has 0 aliphatic carbocycles. The van der Waals surface area contributed by atoms with Crippen molar-refractivity contribution in [3.8, 4) is 0 Å². The van der Waals surface area contributed by atoms with Crippen LogP contribution < -0.4 is 17.0 Å². The summed E-state index contributed by atoms with van der Waals surface area (Å²) in [5, 5.41) is 0.976. The van der Waals surface area contributed by atoms with Gasteiger partial charge in [0.15, 0.2) is 5.78 Å².